The highest BCUT2D eigenvalue weighted by Crippen LogP contribution is 2.19. The Morgan fingerprint density at radius 3 is 2.76 bits per heavy atom. The van der Waals surface area contributed by atoms with Crippen LogP contribution in [0.5, 0.6) is 5.75 Å². The number of rotatable bonds is 4. The van der Waals surface area contributed by atoms with Gasteiger partial charge in [0.25, 0.3) is 0 Å². The third-order valence-corrected chi connectivity index (χ3v) is 2.58. The standard InChI is InChI=1S/C13H21N3O/c1-10-5-6-12(17-4)11(9-10)7-8-16-13(14-2)15-3/h5-6,9H,7-8H2,1-4H3,(H2,14,15,16). The number of nitrogens with one attached hydrogen (secondary N) is 2. The SMILES string of the molecule is CN=C(NC)NCCc1cc(C)ccc1OC. The van der Waals surface area contributed by atoms with Crippen molar-refractivity contribution in [2.75, 3.05) is 27.7 Å². The Bertz CT molecular complexity index is 388. The summed E-state index contributed by atoms with van der Waals surface area (Å²) in [5.74, 6) is 1.74. The van der Waals surface area contributed by atoms with Gasteiger partial charge in [-0.2, -0.15) is 0 Å². The number of aryl methyl sites for hydroxylation is 1. The molecule has 0 unspecified atom stereocenters. The minimum absolute atomic E-state index is 0.802. The molecule has 4 nitrogen and oxygen atoms in total. The van der Waals surface area contributed by atoms with E-state index in [9.17, 15) is 0 Å². The van der Waals surface area contributed by atoms with Crippen LogP contribution in [0.2, 0.25) is 0 Å². The van der Waals surface area contributed by atoms with Crippen LogP contribution in [0.25, 0.3) is 0 Å². The highest BCUT2D eigenvalue weighted by atomic mass is 16.5. The molecule has 0 saturated carbocycles. The van der Waals surface area contributed by atoms with Crippen LogP contribution in [0, 0.1) is 6.92 Å². The molecule has 0 aromatic heterocycles. The van der Waals surface area contributed by atoms with Crippen LogP contribution in [-0.4, -0.2) is 33.7 Å². The van der Waals surface area contributed by atoms with Crippen LogP contribution >= 0.6 is 0 Å². The molecule has 0 amide bonds. The minimum atomic E-state index is 0.802. The Morgan fingerprint density at radius 1 is 1.41 bits per heavy atom. The molecule has 0 spiro atoms. The number of nitrogens with zero attached hydrogens (tertiary/aromatic N) is 1. The maximum atomic E-state index is 5.34. The Hall–Kier alpha value is -1.71. The third kappa shape index (κ3) is 3.98. The molecule has 0 bridgehead atoms. The average molecular weight is 235 g/mol. The van der Waals surface area contributed by atoms with E-state index in [1.54, 1.807) is 14.2 Å². The fourth-order valence-corrected chi connectivity index (χ4v) is 1.70. The number of methoxy groups -OCH3 is 1. The van der Waals surface area contributed by atoms with Gasteiger partial charge in [0.2, 0.25) is 0 Å². The van der Waals surface area contributed by atoms with Crippen LogP contribution in [-0.2, 0) is 6.42 Å². The van der Waals surface area contributed by atoms with E-state index in [1.807, 2.05) is 13.1 Å². The van der Waals surface area contributed by atoms with E-state index < -0.39 is 0 Å². The summed E-state index contributed by atoms with van der Waals surface area (Å²) in [7, 11) is 5.31. The van der Waals surface area contributed by atoms with Crippen molar-refractivity contribution in [3.63, 3.8) is 0 Å². The van der Waals surface area contributed by atoms with Crippen molar-refractivity contribution in [2.45, 2.75) is 13.3 Å². The van der Waals surface area contributed by atoms with Gasteiger partial charge in [-0.15, -0.1) is 0 Å². The van der Waals surface area contributed by atoms with Crippen molar-refractivity contribution >= 4 is 5.96 Å². The molecule has 0 fully saturated rings. The first-order valence-electron chi connectivity index (χ1n) is 5.73. The molecule has 0 aliphatic rings. The lowest BCUT2D eigenvalue weighted by atomic mass is 10.1. The Labute approximate surface area is 103 Å². The van der Waals surface area contributed by atoms with Gasteiger partial charge in [-0.1, -0.05) is 17.7 Å². The van der Waals surface area contributed by atoms with Crippen molar-refractivity contribution in [1.82, 2.24) is 10.6 Å². The van der Waals surface area contributed by atoms with Crippen LogP contribution in [0.3, 0.4) is 0 Å². The summed E-state index contributed by atoms with van der Waals surface area (Å²) in [6, 6.07) is 6.22. The van der Waals surface area contributed by atoms with Gasteiger partial charge in [0, 0.05) is 20.6 Å². The molecular formula is C13H21N3O. The molecule has 0 saturated heterocycles. The fourth-order valence-electron chi connectivity index (χ4n) is 1.70. The number of hydrogen-bond acceptors (Lipinski definition) is 2. The van der Waals surface area contributed by atoms with Crippen molar-refractivity contribution in [3.8, 4) is 5.75 Å². The molecule has 1 rings (SSSR count). The maximum Gasteiger partial charge on any atom is 0.190 e. The second kappa shape index (κ2) is 6.78. The van der Waals surface area contributed by atoms with Gasteiger partial charge in [0.05, 0.1) is 7.11 Å². The highest BCUT2D eigenvalue weighted by molar-refractivity contribution is 5.79. The molecular weight excluding hydrogens is 214 g/mol. The monoisotopic (exact) mass is 235 g/mol. The highest BCUT2D eigenvalue weighted by Gasteiger charge is 2.03. The van der Waals surface area contributed by atoms with E-state index >= 15 is 0 Å². The van der Waals surface area contributed by atoms with Crippen LogP contribution < -0.4 is 15.4 Å². The molecule has 4 heteroatoms. The van der Waals surface area contributed by atoms with Crippen LogP contribution in [0.4, 0.5) is 0 Å². The zero-order valence-electron chi connectivity index (χ0n) is 11.0. The summed E-state index contributed by atoms with van der Waals surface area (Å²) >= 11 is 0. The molecule has 0 radical (unpaired) electrons. The molecule has 1 aromatic rings. The summed E-state index contributed by atoms with van der Waals surface area (Å²) in [5.41, 5.74) is 2.46. The Morgan fingerprint density at radius 2 is 2.18 bits per heavy atom. The van der Waals surface area contributed by atoms with Gasteiger partial charge < -0.3 is 15.4 Å². The molecule has 94 valence electrons. The number of aliphatic imine (C=N–C) groups is 1. The normalized spacial score (nSPS) is 11.2. The smallest absolute Gasteiger partial charge is 0.190 e. The number of guanidine groups is 1. The van der Waals surface area contributed by atoms with Gasteiger partial charge in [-0.3, -0.25) is 4.99 Å². The first-order valence-corrected chi connectivity index (χ1v) is 5.73. The number of hydrogen-bond donors (Lipinski definition) is 2. The zero-order valence-corrected chi connectivity index (χ0v) is 11.0. The summed E-state index contributed by atoms with van der Waals surface area (Å²) in [4.78, 5) is 4.06. The van der Waals surface area contributed by atoms with Crippen LogP contribution in [0.1, 0.15) is 11.1 Å². The molecule has 17 heavy (non-hydrogen) atoms. The summed E-state index contributed by atoms with van der Waals surface area (Å²) in [6.45, 7) is 2.91. The van der Waals surface area contributed by atoms with E-state index in [2.05, 4.69) is 34.7 Å². The van der Waals surface area contributed by atoms with Gasteiger partial charge in [-0.05, 0) is 25.0 Å². The predicted molar refractivity (Wildman–Crippen MR) is 71.9 cm³/mol. The lowest BCUT2D eigenvalue weighted by Crippen LogP contribution is -2.35. The summed E-state index contributed by atoms with van der Waals surface area (Å²) in [6.07, 6.45) is 0.908. The molecule has 0 heterocycles. The zero-order chi connectivity index (χ0) is 12.7. The minimum Gasteiger partial charge on any atom is -0.496 e. The lowest BCUT2D eigenvalue weighted by Gasteiger charge is -2.11. The van der Waals surface area contributed by atoms with Gasteiger partial charge in [0.1, 0.15) is 5.75 Å². The van der Waals surface area contributed by atoms with Gasteiger partial charge >= 0.3 is 0 Å². The quantitative estimate of drug-likeness (QED) is 0.611. The third-order valence-electron chi connectivity index (χ3n) is 2.58. The fraction of sp³-hybridized carbons (Fsp3) is 0.462. The molecule has 2 N–H and O–H groups in total. The summed E-state index contributed by atoms with van der Waals surface area (Å²) < 4.78 is 5.34. The van der Waals surface area contributed by atoms with Crippen LogP contribution in [0.15, 0.2) is 23.2 Å². The largest absolute Gasteiger partial charge is 0.496 e. The maximum absolute atomic E-state index is 5.34. The lowest BCUT2D eigenvalue weighted by molar-refractivity contribution is 0.409. The van der Waals surface area contributed by atoms with E-state index in [0.717, 1.165) is 24.7 Å². The Kier molecular flexibility index (Phi) is 5.33. The molecule has 1 aromatic carbocycles. The Balaban J connectivity index is 2.59. The van der Waals surface area contributed by atoms with Gasteiger partial charge in [-0.25, -0.2) is 0 Å². The molecule has 0 aliphatic heterocycles. The van der Waals surface area contributed by atoms with E-state index in [-0.39, 0.29) is 0 Å². The first-order chi connectivity index (χ1) is 8.21. The number of benzene rings is 1. The average Bonchev–Trinajstić information content (AvgIpc) is 2.35. The van der Waals surface area contributed by atoms with Crippen molar-refractivity contribution in [2.24, 2.45) is 4.99 Å². The second-order valence-electron chi connectivity index (χ2n) is 3.81. The van der Waals surface area contributed by atoms with Crippen molar-refractivity contribution in [1.29, 1.82) is 0 Å². The first kappa shape index (κ1) is 13.4. The number of ether oxygens (including phenoxy) is 1. The van der Waals surface area contributed by atoms with Gasteiger partial charge in [0.15, 0.2) is 5.96 Å². The van der Waals surface area contributed by atoms with E-state index in [0.29, 0.717) is 0 Å². The molecule has 0 aliphatic carbocycles. The van der Waals surface area contributed by atoms with Crippen molar-refractivity contribution < 1.29 is 4.74 Å². The van der Waals surface area contributed by atoms with E-state index in [4.69, 9.17) is 4.74 Å². The predicted octanol–water partition coefficient (Wildman–Crippen LogP) is 1.34. The second-order valence-corrected chi connectivity index (χ2v) is 3.81. The van der Waals surface area contributed by atoms with E-state index in [1.165, 1.54) is 11.1 Å². The molecule has 0 atom stereocenters. The summed E-state index contributed by atoms with van der Waals surface area (Å²) in [5, 5.41) is 6.21. The van der Waals surface area contributed by atoms with Crippen molar-refractivity contribution in [3.05, 3.63) is 29.3 Å². The topological polar surface area (TPSA) is 45.7 Å².